The average Bonchev–Trinajstić information content (AvgIpc) is 2.39. The fourth-order valence-electron chi connectivity index (χ4n) is 2.11. The van der Waals surface area contributed by atoms with Crippen molar-refractivity contribution in [2.45, 2.75) is 25.7 Å². The number of anilines is 2. The number of nitrogens with one attached hydrogen (secondary N) is 3. The van der Waals surface area contributed by atoms with E-state index < -0.39 is 0 Å². The maximum atomic E-state index is 11.7. The van der Waals surface area contributed by atoms with Crippen LogP contribution in [0.2, 0.25) is 0 Å². The Morgan fingerprint density at radius 2 is 2.21 bits per heavy atom. The normalized spacial score (nSPS) is 13.6. The first-order valence-corrected chi connectivity index (χ1v) is 6.56. The largest absolute Gasteiger partial charge is 0.326 e. The van der Waals surface area contributed by atoms with Gasteiger partial charge in [-0.15, -0.1) is 0 Å². The molecule has 0 atom stereocenters. The molecule has 2 amide bonds. The number of benzene rings is 1. The monoisotopic (exact) mass is 261 g/mol. The minimum Gasteiger partial charge on any atom is -0.326 e. The summed E-state index contributed by atoms with van der Waals surface area (Å²) in [5.41, 5.74) is 2.72. The van der Waals surface area contributed by atoms with Gasteiger partial charge in [-0.1, -0.05) is 0 Å². The van der Waals surface area contributed by atoms with Crippen molar-refractivity contribution in [1.29, 1.82) is 0 Å². The molecular formula is C14H19N3O2. The van der Waals surface area contributed by atoms with E-state index in [2.05, 4.69) is 16.0 Å². The highest BCUT2D eigenvalue weighted by molar-refractivity contribution is 5.95. The molecule has 5 nitrogen and oxygen atoms in total. The first kappa shape index (κ1) is 13.5. The van der Waals surface area contributed by atoms with Crippen LogP contribution in [0.3, 0.4) is 0 Å². The number of fused-ring (bicyclic) bond motifs is 1. The molecule has 2 rings (SSSR count). The van der Waals surface area contributed by atoms with Crippen molar-refractivity contribution in [3.63, 3.8) is 0 Å². The topological polar surface area (TPSA) is 70.2 Å². The second-order valence-corrected chi connectivity index (χ2v) is 4.68. The zero-order chi connectivity index (χ0) is 13.7. The van der Waals surface area contributed by atoms with Crippen LogP contribution >= 0.6 is 0 Å². The molecule has 0 bridgehead atoms. The molecule has 1 aromatic rings. The summed E-state index contributed by atoms with van der Waals surface area (Å²) < 4.78 is 0. The van der Waals surface area contributed by atoms with Gasteiger partial charge in [-0.3, -0.25) is 9.59 Å². The third-order valence-electron chi connectivity index (χ3n) is 3.12. The highest BCUT2D eigenvalue weighted by Gasteiger charge is 2.15. The van der Waals surface area contributed by atoms with Crippen LogP contribution in [0.1, 0.15) is 24.8 Å². The molecule has 0 saturated heterocycles. The zero-order valence-electron chi connectivity index (χ0n) is 11.1. The fraction of sp³-hybridized carbons (Fsp3) is 0.429. The van der Waals surface area contributed by atoms with Crippen molar-refractivity contribution in [3.8, 4) is 0 Å². The van der Waals surface area contributed by atoms with Gasteiger partial charge in [-0.2, -0.15) is 0 Å². The van der Waals surface area contributed by atoms with Gasteiger partial charge in [0.15, 0.2) is 0 Å². The second-order valence-electron chi connectivity index (χ2n) is 4.68. The predicted molar refractivity (Wildman–Crippen MR) is 75.2 cm³/mol. The lowest BCUT2D eigenvalue weighted by molar-refractivity contribution is -0.117. The van der Waals surface area contributed by atoms with Gasteiger partial charge in [-0.05, 0) is 50.2 Å². The summed E-state index contributed by atoms with van der Waals surface area (Å²) in [6.07, 6.45) is 2.56. The molecule has 0 radical (unpaired) electrons. The van der Waals surface area contributed by atoms with Crippen LogP contribution in [0.4, 0.5) is 11.4 Å². The smallest absolute Gasteiger partial charge is 0.224 e. The maximum Gasteiger partial charge on any atom is 0.224 e. The van der Waals surface area contributed by atoms with Crippen LogP contribution in [0.25, 0.3) is 0 Å². The Morgan fingerprint density at radius 3 is 3.00 bits per heavy atom. The van der Waals surface area contributed by atoms with Crippen molar-refractivity contribution in [3.05, 3.63) is 23.8 Å². The molecule has 1 heterocycles. The van der Waals surface area contributed by atoms with E-state index in [4.69, 9.17) is 0 Å². The zero-order valence-corrected chi connectivity index (χ0v) is 11.1. The van der Waals surface area contributed by atoms with E-state index in [1.54, 1.807) is 0 Å². The number of rotatable bonds is 5. The van der Waals surface area contributed by atoms with Crippen molar-refractivity contribution in [2.75, 3.05) is 24.2 Å². The van der Waals surface area contributed by atoms with E-state index in [1.165, 1.54) is 0 Å². The van der Waals surface area contributed by atoms with Crippen molar-refractivity contribution in [1.82, 2.24) is 5.32 Å². The van der Waals surface area contributed by atoms with Crippen LogP contribution in [0.5, 0.6) is 0 Å². The van der Waals surface area contributed by atoms with Gasteiger partial charge in [0, 0.05) is 24.2 Å². The van der Waals surface area contributed by atoms with E-state index in [9.17, 15) is 9.59 Å². The lowest BCUT2D eigenvalue weighted by Gasteiger charge is -2.17. The number of carbonyl (C=O) groups excluding carboxylic acids is 2. The van der Waals surface area contributed by atoms with Gasteiger partial charge in [-0.25, -0.2) is 0 Å². The summed E-state index contributed by atoms with van der Waals surface area (Å²) in [6, 6.07) is 5.60. The maximum absolute atomic E-state index is 11.7. The first-order chi connectivity index (χ1) is 9.19. The molecular weight excluding hydrogens is 242 g/mol. The molecule has 19 heavy (non-hydrogen) atoms. The SMILES string of the molecule is CNCCCC(=O)Nc1ccc2c(c1)CCC(=O)N2. The number of amides is 2. The summed E-state index contributed by atoms with van der Waals surface area (Å²) in [5, 5.41) is 8.72. The quantitative estimate of drug-likeness (QED) is 0.704. The Labute approximate surface area is 112 Å². The molecule has 1 aliphatic heterocycles. The molecule has 102 valence electrons. The molecule has 5 heteroatoms. The van der Waals surface area contributed by atoms with E-state index in [1.807, 2.05) is 25.2 Å². The lowest BCUT2D eigenvalue weighted by atomic mass is 10.0. The minimum atomic E-state index is 0.0232. The minimum absolute atomic E-state index is 0.0232. The molecule has 0 aromatic heterocycles. The standard InChI is InChI=1S/C14H19N3O2/c1-15-8-2-3-13(18)16-11-5-6-12-10(9-11)4-7-14(19)17-12/h5-6,9,15H,2-4,7-8H2,1H3,(H,16,18)(H,17,19). The Hall–Kier alpha value is -1.88. The third kappa shape index (κ3) is 3.79. The fourth-order valence-corrected chi connectivity index (χ4v) is 2.11. The van der Waals surface area contributed by atoms with Gasteiger partial charge < -0.3 is 16.0 Å². The number of aryl methyl sites for hydroxylation is 1. The Kier molecular flexibility index (Phi) is 4.52. The molecule has 0 aliphatic carbocycles. The average molecular weight is 261 g/mol. The summed E-state index contributed by atoms with van der Waals surface area (Å²) >= 11 is 0. The molecule has 1 aliphatic rings. The van der Waals surface area contributed by atoms with Crippen molar-refractivity contribution < 1.29 is 9.59 Å². The van der Waals surface area contributed by atoms with E-state index in [0.717, 1.165) is 36.3 Å². The van der Waals surface area contributed by atoms with Crippen LogP contribution in [0.15, 0.2) is 18.2 Å². The summed E-state index contributed by atoms with van der Waals surface area (Å²) in [5.74, 6) is 0.0754. The van der Waals surface area contributed by atoms with Crippen LogP contribution in [-0.4, -0.2) is 25.4 Å². The molecule has 0 fully saturated rings. The van der Waals surface area contributed by atoms with E-state index >= 15 is 0 Å². The predicted octanol–water partition coefficient (Wildman–Crippen LogP) is 1.51. The van der Waals surface area contributed by atoms with Crippen LogP contribution < -0.4 is 16.0 Å². The second kappa shape index (κ2) is 6.33. The molecule has 0 saturated carbocycles. The Balaban J connectivity index is 1.95. The van der Waals surface area contributed by atoms with Crippen LogP contribution in [-0.2, 0) is 16.0 Å². The van der Waals surface area contributed by atoms with Gasteiger partial charge >= 0.3 is 0 Å². The van der Waals surface area contributed by atoms with Gasteiger partial charge in [0.05, 0.1) is 0 Å². The Bertz CT molecular complexity index is 486. The van der Waals surface area contributed by atoms with Crippen LogP contribution in [0, 0.1) is 0 Å². The molecule has 0 spiro atoms. The lowest BCUT2D eigenvalue weighted by Crippen LogP contribution is -2.19. The molecule has 0 unspecified atom stereocenters. The summed E-state index contributed by atoms with van der Waals surface area (Å²) in [4.78, 5) is 22.9. The highest BCUT2D eigenvalue weighted by atomic mass is 16.2. The summed E-state index contributed by atoms with van der Waals surface area (Å²) in [6.45, 7) is 0.837. The highest BCUT2D eigenvalue weighted by Crippen LogP contribution is 2.25. The molecule has 1 aromatic carbocycles. The number of hydrogen-bond acceptors (Lipinski definition) is 3. The van der Waals surface area contributed by atoms with Gasteiger partial charge in [0.2, 0.25) is 11.8 Å². The first-order valence-electron chi connectivity index (χ1n) is 6.56. The number of carbonyl (C=O) groups is 2. The Morgan fingerprint density at radius 1 is 1.37 bits per heavy atom. The van der Waals surface area contributed by atoms with E-state index in [-0.39, 0.29) is 11.8 Å². The number of hydrogen-bond donors (Lipinski definition) is 3. The van der Waals surface area contributed by atoms with Gasteiger partial charge in [0.1, 0.15) is 0 Å². The van der Waals surface area contributed by atoms with Gasteiger partial charge in [0.25, 0.3) is 0 Å². The van der Waals surface area contributed by atoms with Crippen molar-refractivity contribution >= 4 is 23.2 Å². The van der Waals surface area contributed by atoms with Crippen molar-refractivity contribution in [2.24, 2.45) is 0 Å². The summed E-state index contributed by atoms with van der Waals surface area (Å²) in [7, 11) is 1.87. The van der Waals surface area contributed by atoms with E-state index in [0.29, 0.717) is 12.8 Å². The third-order valence-corrected chi connectivity index (χ3v) is 3.12. The molecule has 3 N–H and O–H groups in total.